The highest BCUT2D eigenvalue weighted by molar-refractivity contribution is 6.26. The number of para-hydroxylation sites is 1. The number of aromatic nitrogens is 5. The third-order valence-electron chi connectivity index (χ3n) is 8.00. The Kier molecular flexibility index (Phi) is 4.74. The SMILES string of the molecule is Cc1ccc2cccc3c2c1c1c2c(cc[n+]1C)c1cccc(-c4nc(C(C)(C)C)nc(C(C)(C)C)n4)c1n32. The number of hydrogen-bond acceptors (Lipinski definition) is 3. The summed E-state index contributed by atoms with van der Waals surface area (Å²) in [6.45, 7) is 15.2. The van der Waals surface area contributed by atoms with Gasteiger partial charge in [0, 0.05) is 38.6 Å². The summed E-state index contributed by atoms with van der Waals surface area (Å²) in [5.41, 5.74) is 6.75. The Hall–Kier alpha value is -4.12. The van der Waals surface area contributed by atoms with Crippen molar-refractivity contribution in [1.29, 1.82) is 0 Å². The van der Waals surface area contributed by atoms with Crippen LogP contribution in [0.5, 0.6) is 0 Å². The van der Waals surface area contributed by atoms with Gasteiger partial charge in [-0.2, -0.15) is 4.57 Å². The molecule has 39 heavy (non-hydrogen) atoms. The van der Waals surface area contributed by atoms with Gasteiger partial charge >= 0.3 is 0 Å². The van der Waals surface area contributed by atoms with Crippen molar-refractivity contribution in [2.75, 3.05) is 0 Å². The number of aryl methyl sites for hydroxylation is 2. The average Bonchev–Trinajstić information content (AvgIpc) is 3.23. The number of fused-ring (bicyclic) bond motifs is 5. The maximum atomic E-state index is 5.11. The molecule has 0 fully saturated rings. The van der Waals surface area contributed by atoms with Gasteiger partial charge in [-0.3, -0.25) is 0 Å². The number of rotatable bonds is 1. The van der Waals surface area contributed by atoms with Crippen LogP contribution in [0.15, 0.2) is 60.8 Å². The minimum absolute atomic E-state index is 0.202. The highest BCUT2D eigenvalue weighted by Gasteiger charge is 2.29. The van der Waals surface area contributed by atoms with Crippen molar-refractivity contribution < 1.29 is 4.57 Å². The van der Waals surface area contributed by atoms with Crippen LogP contribution in [0.1, 0.15) is 58.8 Å². The molecule has 0 saturated heterocycles. The maximum absolute atomic E-state index is 5.11. The number of benzene rings is 3. The Morgan fingerprint density at radius 2 is 1.36 bits per heavy atom. The zero-order valence-corrected chi connectivity index (χ0v) is 24.0. The zero-order valence-electron chi connectivity index (χ0n) is 24.0. The quantitative estimate of drug-likeness (QED) is 0.129. The van der Waals surface area contributed by atoms with E-state index in [4.69, 9.17) is 15.0 Å². The van der Waals surface area contributed by atoms with Crippen molar-refractivity contribution in [1.82, 2.24) is 19.4 Å². The molecule has 0 N–H and O–H groups in total. The molecule has 0 spiro atoms. The molecular weight excluding hydrogens is 478 g/mol. The Bertz CT molecular complexity index is 2070. The van der Waals surface area contributed by atoms with Crippen molar-refractivity contribution in [2.45, 2.75) is 59.3 Å². The van der Waals surface area contributed by atoms with Crippen LogP contribution in [0.3, 0.4) is 0 Å². The van der Waals surface area contributed by atoms with E-state index in [0.717, 1.165) is 28.6 Å². The molecule has 0 aliphatic rings. The lowest BCUT2D eigenvalue weighted by Gasteiger charge is -2.23. The summed E-state index contributed by atoms with van der Waals surface area (Å²) in [7, 11) is 2.15. The smallest absolute Gasteiger partial charge is 0.238 e. The number of hydrogen-bond donors (Lipinski definition) is 0. The van der Waals surface area contributed by atoms with E-state index in [2.05, 4.69) is 125 Å². The Labute approximate surface area is 228 Å². The lowest BCUT2D eigenvalue weighted by Crippen LogP contribution is -2.28. The molecule has 0 unspecified atom stereocenters. The van der Waals surface area contributed by atoms with Gasteiger partial charge in [-0.25, -0.2) is 15.0 Å². The molecule has 4 heterocycles. The van der Waals surface area contributed by atoms with Gasteiger partial charge in [-0.15, -0.1) is 0 Å². The van der Waals surface area contributed by atoms with Gasteiger partial charge in [-0.1, -0.05) is 77.9 Å². The first kappa shape index (κ1) is 24.0. The van der Waals surface area contributed by atoms with E-state index >= 15 is 0 Å². The lowest BCUT2D eigenvalue weighted by molar-refractivity contribution is -0.644. The maximum Gasteiger partial charge on any atom is 0.238 e. The monoisotopic (exact) mass is 512 g/mol. The Morgan fingerprint density at radius 1 is 0.692 bits per heavy atom. The summed E-state index contributed by atoms with van der Waals surface area (Å²) < 4.78 is 4.73. The standard InChI is InChI=1S/C34H34N5/c1-19-15-16-20-11-9-14-24-26(20)25(19)29-28-22(17-18-38(29)8)21-12-10-13-23(27(21)39(24)28)30-35-31(33(2,3)4)37-32(36-30)34(5,6)7/h9-18H,1-8H3/q+1. The Morgan fingerprint density at radius 3 is 2.05 bits per heavy atom. The van der Waals surface area contributed by atoms with E-state index in [0.29, 0.717) is 0 Å². The molecular formula is C34H34N5+. The van der Waals surface area contributed by atoms with E-state index in [1.54, 1.807) is 0 Å². The van der Waals surface area contributed by atoms with Crippen LogP contribution in [-0.2, 0) is 17.9 Å². The van der Waals surface area contributed by atoms with Crippen molar-refractivity contribution >= 4 is 49.0 Å². The van der Waals surface area contributed by atoms with E-state index < -0.39 is 0 Å². The van der Waals surface area contributed by atoms with Crippen molar-refractivity contribution in [3.63, 3.8) is 0 Å². The van der Waals surface area contributed by atoms with Gasteiger partial charge in [0.05, 0.1) is 16.4 Å². The summed E-state index contributed by atoms with van der Waals surface area (Å²) in [6.07, 6.45) is 2.19. The lowest BCUT2D eigenvalue weighted by atomic mass is 9.93. The van der Waals surface area contributed by atoms with Crippen LogP contribution in [-0.4, -0.2) is 19.4 Å². The van der Waals surface area contributed by atoms with Gasteiger partial charge in [0.2, 0.25) is 5.52 Å². The molecule has 5 nitrogen and oxygen atoms in total. The summed E-state index contributed by atoms with van der Waals surface area (Å²) in [4.78, 5) is 15.2. The molecule has 0 bridgehead atoms. The average molecular weight is 513 g/mol. The fraction of sp³-hybridized carbons (Fsp3) is 0.294. The predicted octanol–water partition coefficient (Wildman–Crippen LogP) is 7.57. The van der Waals surface area contributed by atoms with Gasteiger partial charge in [0.25, 0.3) is 0 Å². The first-order valence-electron chi connectivity index (χ1n) is 13.7. The second-order valence-electron chi connectivity index (χ2n) is 13.0. The minimum atomic E-state index is -0.202. The van der Waals surface area contributed by atoms with Gasteiger partial charge < -0.3 is 4.40 Å². The molecule has 3 aromatic carbocycles. The summed E-state index contributed by atoms with van der Waals surface area (Å²) in [5, 5.41) is 6.31. The molecule has 4 aromatic heterocycles. The van der Waals surface area contributed by atoms with Gasteiger partial charge in [0.1, 0.15) is 24.2 Å². The number of nitrogens with zero attached hydrogens (tertiary/aromatic N) is 5. The third-order valence-corrected chi connectivity index (χ3v) is 8.00. The van der Waals surface area contributed by atoms with Crippen LogP contribution < -0.4 is 4.57 Å². The third kappa shape index (κ3) is 3.32. The minimum Gasteiger partial charge on any atom is -0.302 e. The summed E-state index contributed by atoms with van der Waals surface area (Å²) in [5.74, 6) is 2.37. The normalized spacial score (nSPS) is 13.1. The van der Waals surface area contributed by atoms with E-state index in [9.17, 15) is 0 Å². The van der Waals surface area contributed by atoms with Gasteiger partial charge in [-0.05, 0) is 30.0 Å². The van der Waals surface area contributed by atoms with E-state index in [1.165, 1.54) is 49.0 Å². The van der Waals surface area contributed by atoms with E-state index in [1.807, 2.05) is 0 Å². The fourth-order valence-corrected chi connectivity index (χ4v) is 6.03. The zero-order chi connectivity index (χ0) is 27.4. The van der Waals surface area contributed by atoms with Crippen LogP contribution in [0.2, 0.25) is 0 Å². The molecule has 0 radical (unpaired) electrons. The first-order chi connectivity index (χ1) is 18.4. The Balaban J connectivity index is 1.75. The molecule has 194 valence electrons. The topological polar surface area (TPSA) is 47.0 Å². The molecule has 5 heteroatoms. The number of pyridine rings is 2. The predicted molar refractivity (Wildman–Crippen MR) is 161 cm³/mol. The molecule has 7 rings (SSSR count). The summed E-state index contributed by atoms with van der Waals surface area (Å²) >= 11 is 0. The molecule has 0 amide bonds. The van der Waals surface area contributed by atoms with E-state index in [-0.39, 0.29) is 10.8 Å². The highest BCUT2D eigenvalue weighted by Crippen LogP contribution is 2.42. The largest absolute Gasteiger partial charge is 0.302 e. The highest BCUT2D eigenvalue weighted by atomic mass is 15.1. The second kappa shape index (κ2) is 7.72. The molecule has 0 aliphatic carbocycles. The molecule has 7 aromatic rings. The molecule has 0 saturated carbocycles. The first-order valence-corrected chi connectivity index (χ1v) is 13.7. The van der Waals surface area contributed by atoms with Crippen LogP contribution in [0, 0.1) is 6.92 Å². The van der Waals surface area contributed by atoms with Crippen LogP contribution in [0.25, 0.3) is 60.4 Å². The fourth-order valence-electron chi connectivity index (χ4n) is 6.03. The second-order valence-corrected chi connectivity index (χ2v) is 13.0. The van der Waals surface area contributed by atoms with Crippen molar-refractivity contribution in [3.05, 3.63) is 78.0 Å². The van der Waals surface area contributed by atoms with Crippen molar-refractivity contribution in [2.24, 2.45) is 7.05 Å². The molecule has 0 atom stereocenters. The summed E-state index contributed by atoms with van der Waals surface area (Å²) in [6, 6.07) is 19.9. The van der Waals surface area contributed by atoms with Crippen LogP contribution >= 0.6 is 0 Å². The van der Waals surface area contributed by atoms with Gasteiger partial charge in [0.15, 0.2) is 12.0 Å². The van der Waals surface area contributed by atoms with Crippen molar-refractivity contribution in [3.8, 4) is 11.4 Å². The molecule has 0 aliphatic heterocycles. The van der Waals surface area contributed by atoms with Crippen LogP contribution in [0.4, 0.5) is 0 Å².